The van der Waals surface area contributed by atoms with Gasteiger partial charge < -0.3 is 4.74 Å². The third kappa shape index (κ3) is 0.918. The molecule has 0 unspecified atom stereocenters. The first kappa shape index (κ1) is 9.04. The van der Waals surface area contributed by atoms with Crippen LogP contribution in [0.5, 0.6) is 0 Å². The SMILES string of the molecule is CC1(C)[C@@H]2CC[C@@]1(C)[C@H](OC=O)C2. The predicted octanol–water partition coefficient (Wildman–Crippen LogP) is 2.37. The van der Waals surface area contributed by atoms with Gasteiger partial charge in [-0.25, -0.2) is 0 Å². The molecule has 2 nitrogen and oxygen atoms in total. The van der Waals surface area contributed by atoms with Crippen LogP contribution in [-0.4, -0.2) is 12.6 Å². The molecule has 0 aromatic rings. The van der Waals surface area contributed by atoms with Crippen molar-refractivity contribution in [1.29, 1.82) is 0 Å². The second-order valence-corrected chi connectivity index (χ2v) is 5.33. The Balaban J connectivity index is 2.27. The standard InChI is InChI=1S/C11H18O2/c1-10(2)8-4-5-11(10,3)9(6-8)13-7-12/h7-9H,4-6H2,1-3H3/t8-,9-,11+/m1/s1. The lowest BCUT2D eigenvalue weighted by Gasteiger charge is -2.37. The summed E-state index contributed by atoms with van der Waals surface area (Å²) in [6.07, 6.45) is 3.76. The van der Waals surface area contributed by atoms with E-state index in [-0.39, 0.29) is 11.5 Å². The maximum atomic E-state index is 10.4. The van der Waals surface area contributed by atoms with Crippen LogP contribution in [0.2, 0.25) is 0 Å². The lowest BCUT2D eigenvalue weighted by atomic mass is 9.70. The Bertz CT molecular complexity index is 234. The number of rotatable bonds is 2. The van der Waals surface area contributed by atoms with Crippen molar-refractivity contribution in [3.63, 3.8) is 0 Å². The molecule has 0 aromatic carbocycles. The van der Waals surface area contributed by atoms with Gasteiger partial charge in [-0.1, -0.05) is 20.8 Å². The average molecular weight is 182 g/mol. The number of carbonyl (C=O) groups is 1. The highest BCUT2D eigenvalue weighted by Crippen LogP contribution is 2.66. The van der Waals surface area contributed by atoms with E-state index in [1.165, 1.54) is 12.8 Å². The fourth-order valence-electron chi connectivity index (χ4n) is 3.40. The van der Waals surface area contributed by atoms with Crippen molar-refractivity contribution in [2.45, 2.75) is 46.1 Å². The van der Waals surface area contributed by atoms with Gasteiger partial charge in [-0.3, -0.25) is 4.79 Å². The number of ether oxygens (including phenoxy) is 1. The van der Waals surface area contributed by atoms with E-state index < -0.39 is 0 Å². The van der Waals surface area contributed by atoms with Gasteiger partial charge in [-0.2, -0.15) is 0 Å². The summed E-state index contributed by atoms with van der Waals surface area (Å²) in [6, 6.07) is 0. The molecular weight excluding hydrogens is 164 g/mol. The molecule has 2 saturated carbocycles. The van der Waals surface area contributed by atoms with Gasteiger partial charge in [0.05, 0.1) is 0 Å². The van der Waals surface area contributed by atoms with E-state index in [0.717, 1.165) is 12.3 Å². The smallest absolute Gasteiger partial charge is 0.293 e. The summed E-state index contributed by atoms with van der Waals surface area (Å²) in [5.41, 5.74) is 0.569. The van der Waals surface area contributed by atoms with Gasteiger partial charge in [-0.05, 0) is 30.6 Å². The normalized spacial score (nSPS) is 46.4. The molecule has 0 saturated heterocycles. The lowest BCUT2D eigenvalue weighted by Crippen LogP contribution is -2.36. The first-order valence-corrected chi connectivity index (χ1v) is 5.11. The molecule has 2 fully saturated rings. The van der Waals surface area contributed by atoms with Crippen LogP contribution in [0.3, 0.4) is 0 Å². The molecular formula is C11H18O2. The quantitative estimate of drug-likeness (QED) is 0.613. The molecule has 0 radical (unpaired) electrons. The van der Waals surface area contributed by atoms with Crippen LogP contribution in [-0.2, 0) is 9.53 Å². The van der Waals surface area contributed by atoms with E-state index in [1.54, 1.807) is 0 Å². The minimum atomic E-state index is 0.166. The number of hydrogen-bond acceptors (Lipinski definition) is 2. The van der Waals surface area contributed by atoms with Crippen molar-refractivity contribution in [2.24, 2.45) is 16.7 Å². The van der Waals surface area contributed by atoms with Crippen molar-refractivity contribution >= 4 is 6.47 Å². The largest absolute Gasteiger partial charge is 0.464 e. The van der Waals surface area contributed by atoms with Crippen LogP contribution in [0.25, 0.3) is 0 Å². The molecule has 2 aliphatic carbocycles. The molecule has 3 atom stereocenters. The monoisotopic (exact) mass is 182 g/mol. The molecule has 2 rings (SSSR count). The maximum Gasteiger partial charge on any atom is 0.293 e. The molecule has 2 heteroatoms. The summed E-state index contributed by atoms with van der Waals surface area (Å²) >= 11 is 0. The molecule has 0 heterocycles. The molecule has 0 aromatic heterocycles. The van der Waals surface area contributed by atoms with E-state index in [2.05, 4.69) is 20.8 Å². The van der Waals surface area contributed by atoms with Crippen molar-refractivity contribution in [2.75, 3.05) is 0 Å². The zero-order valence-corrected chi connectivity index (χ0v) is 8.67. The van der Waals surface area contributed by atoms with E-state index in [9.17, 15) is 4.79 Å². The van der Waals surface area contributed by atoms with Gasteiger partial charge in [0.25, 0.3) is 6.47 Å². The highest BCUT2D eigenvalue weighted by molar-refractivity contribution is 5.38. The van der Waals surface area contributed by atoms with Gasteiger partial charge in [-0.15, -0.1) is 0 Å². The maximum absolute atomic E-state index is 10.4. The number of fused-ring (bicyclic) bond motifs is 2. The van der Waals surface area contributed by atoms with Crippen LogP contribution in [0.4, 0.5) is 0 Å². The van der Waals surface area contributed by atoms with Crippen molar-refractivity contribution in [3.05, 3.63) is 0 Å². The van der Waals surface area contributed by atoms with Crippen LogP contribution in [0, 0.1) is 16.7 Å². The summed E-state index contributed by atoms with van der Waals surface area (Å²) in [6.45, 7) is 7.53. The van der Waals surface area contributed by atoms with Gasteiger partial charge in [0.2, 0.25) is 0 Å². The Kier molecular flexibility index (Phi) is 1.73. The average Bonchev–Trinajstić information content (AvgIpc) is 2.37. The molecule has 0 aliphatic heterocycles. The zero-order valence-electron chi connectivity index (χ0n) is 8.67. The predicted molar refractivity (Wildman–Crippen MR) is 50.2 cm³/mol. The van der Waals surface area contributed by atoms with Crippen LogP contribution in [0.1, 0.15) is 40.0 Å². The molecule has 74 valence electrons. The van der Waals surface area contributed by atoms with Crippen molar-refractivity contribution in [3.8, 4) is 0 Å². The minimum Gasteiger partial charge on any atom is -0.464 e. The molecule has 13 heavy (non-hydrogen) atoms. The molecule has 0 N–H and O–H groups in total. The summed E-state index contributed by atoms with van der Waals surface area (Å²) in [7, 11) is 0. The fourth-order valence-corrected chi connectivity index (χ4v) is 3.40. The third-order valence-electron chi connectivity index (χ3n) is 4.93. The van der Waals surface area contributed by atoms with E-state index in [0.29, 0.717) is 11.9 Å². The van der Waals surface area contributed by atoms with Gasteiger partial charge >= 0.3 is 0 Å². The van der Waals surface area contributed by atoms with E-state index in [1.807, 2.05) is 0 Å². The zero-order chi connectivity index (χ0) is 9.69. The van der Waals surface area contributed by atoms with E-state index >= 15 is 0 Å². The Morgan fingerprint density at radius 1 is 1.38 bits per heavy atom. The van der Waals surface area contributed by atoms with E-state index in [4.69, 9.17) is 4.74 Å². The van der Waals surface area contributed by atoms with Crippen molar-refractivity contribution < 1.29 is 9.53 Å². The second-order valence-electron chi connectivity index (χ2n) is 5.33. The van der Waals surface area contributed by atoms with Crippen LogP contribution >= 0.6 is 0 Å². The minimum absolute atomic E-state index is 0.166. The highest BCUT2D eigenvalue weighted by atomic mass is 16.5. The topological polar surface area (TPSA) is 26.3 Å². The number of hydrogen-bond donors (Lipinski definition) is 0. The molecule has 0 spiro atoms. The first-order chi connectivity index (χ1) is 6.02. The summed E-state index contributed by atoms with van der Waals surface area (Å²) < 4.78 is 5.19. The van der Waals surface area contributed by atoms with Crippen LogP contribution < -0.4 is 0 Å². The molecule has 0 amide bonds. The Labute approximate surface area is 79.7 Å². The Morgan fingerprint density at radius 3 is 2.46 bits per heavy atom. The summed E-state index contributed by atoms with van der Waals surface area (Å²) in [5, 5.41) is 0. The second kappa shape index (κ2) is 2.49. The highest BCUT2D eigenvalue weighted by Gasteiger charge is 2.62. The molecule has 2 bridgehead atoms. The third-order valence-corrected chi connectivity index (χ3v) is 4.93. The van der Waals surface area contributed by atoms with Gasteiger partial charge in [0, 0.05) is 5.41 Å². The Morgan fingerprint density at radius 2 is 2.08 bits per heavy atom. The van der Waals surface area contributed by atoms with Crippen molar-refractivity contribution in [1.82, 2.24) is 0 Å². The first-order valence-electron chi connectivity index (χ1n) is 5.11. The Hall–Kier alpha value is -0.530. The lowest BCUT2D eigenvalue weighted by molar-refractivity contribution is -0.141. The number of carbonyl (C=O) groups excluding carboxylic acids is 1. The van der Waals surface area contributed by atoms with Gasteiger partial charge in [0.1, 0.15) is 6.10 Å². The van der Waals surface area contributed by atoms with Crippen LogP contribution in [0.15, 0.2) is 0 Å². The summed E-state index contributed by atoms with van der Waals surface area (Å²) in [4.78, 5) is 10.4. The molecule has 2 aliphatic rings. The van der Waals surface area contributed by atoms with Gasteiger partial charge in [0.15, 0.2) is 0 Å². The summed E-state index contributed by atoms with van der Waals surface area (Å²) in [5.74, 6) is 0.752. The fraction of sp³-hybridized carbons (Fsp3) is 0.909.